The van der Waals surface area contributed by atoms with Crippen LogP contribution in [0.25, 0.3) is 0 Å². The topological polar surface area (TPSA) is 105 Å². The molecule has 0 spiro atoms. The van der Waals surface area contributed by atoms with Crippen molar-refractivity contribution in [3.8, 4) is 0 Å². The normalized spacial score (nSPS) is 23.9. The minimum atomic E-state index is -0.520. The van der Waals surface area contributed by atoms with Crippen LogP contribution >= 0.6 is 0 Å². The largest absolute Gasteiger partial charge is 0.463 e. The van der Waals surface area contributed by atoms with Gasteiger partial charge < -0.3 is 20.5 Å². The lowest BCUT2D eigenvalue weighted by atomic mass is 9.86. The van der Waals surface area contributed by atoms with Crippen LogP contribution in [-0.4, -0.2) is 48.2 Å². The fourth-order valence-electron chi connectivity index (χ4n) is 2.68. The van der Waals surface area contributed by atoms with E-state index in [0.29, 0.717) is 19.3 Å². The van der Waals surface area contributed by atoms with Crippen molar-refractivity contribution in [1.82, 2.24) is 10.6 Å². The Bertz CT molecular complexity index is 539. The number of carbonyl (C=O) groups is 3. The van der Waals surface area contributed by atoms with E-state index in [0.717, 1.165) is 6.42 Å². The average Bonchev–Trinajstić information content (AvgIpc) is 2.59. The summed E-state index contributed by atoms with van der Waals surface area (Å²) in [5.74, 6) is -1.29. The third-order valence-corrected chi connectivity index (χ3v) is 4.60. The van der Waals surface area contributed by atoms with Gasteiger partial charge in [-0.3, -0.25) is 14.4 Å². The van der Waals surface area contributed by atoms with Crippen molar-refractivity contribution in [2.24, 2.45) is 11.3 Å². The Labute approximate surface area is 161 Å². The van der Waals surface area contributed by atoms with Gasteiger partial charge in [0, 0.05) is 18.9 Å². The number of aliphatic hydroxyl groups is 1. The highest BCUT2D eigenvalue weighted by Crippen LogP contribution is 2.22. The average molecular weight is 383 g/mol. The highest BCUT2D eigenvalue weighted by Gasteiger charge is 2.31. The maximum Gasteiger partial charge on any atom is 0.305 e. The van der Waals surface area contributed by atoms with Crippen LogP contribution in [-0.2, 0) is 19.1 Å². The zero-order valence-corrected chi connectivity index (χ0v) is 16.9. The smallest absolute Gasteiger partial charge is 0.305 e. The second-order valence-electron chi connectivity index (χ2n) is 8.26. The monoisotopic (exact) mass is 382 g/mol. The number of esters is 1. The van der Waals surface area contributed by atoms with E-state index in [2.05, 4.69) is 10.6 Å². The molecule has 0 aromatic rings. The molecule has 0 bridgehead atoms. The van der Waals surface area contributed by atoms with Gasteiger partial charge in [0.15, 0.2) is 0 Å². The standard InChI is InChI=1S/C20H34N2O5/c1-14(12-23)21-17(24)11-15-9-7-5-6-8-10-18(25)27-13-16(20(2,3)4)22-19(15)26/h5,7,14-16,23H,6,8-13H2,1-4H3,(H,21,24)(H,22,26). The SMILES string of the molecule is CC(CO)NC(=O)CC1CC=CCCCC(=O)OCC(C(C)(C)C)NC1=O. The number of hydrogen-bond acceptors (Lipinski definition) is 5. The summed E-state index contributed by atoms with van der Waals surface area (Å²) in [6.45, 7) is 7.56. The maximum absolute atomic E-state index is 12.8. The quantitative estimate of drug-likeness (QED) is 0.507. The molecule has 3 unspecified atom stereocenters. The second-order valence-corrected chi connectivity index (χ2v) is 8.26. The third-order valence-electron chi connectivity index (χ3n) is 4.60. The van der Waals surface area contributed by atoms with Gasteiger partial charge in [-0.2, -0.15) is 0 Å². The fourth-order valence-corrected chi connectivity index (χ4v) is 2.68. The van der Waals surface area contributed by atoms with Crippen LogP contribution in [0.5, 0.6) is 0 Å². The summed E-state index contributed by atoms with van der Waals surface area (Å²) in [6.07, 6.45) is 6.06. The Morgan fingerprint density at radius 1 is 1.37 bits per heavy atom. The van der Waals surface area contributed by atoms with Crippen molar-refractivity contribution >= 4 is 17.8 Å². The molecule has 3 N–H and O–H groups in total. The van der Waals surface area contributed by atoms with Crippen molar-refractivity contribution < 1.29 is 24.2 Å². The molecule has 1 aliphatic heterocycles. The zero-order chi connectivity index (χ0) is 20.4. The highest BCUT2D eigenvalue weighted by atomic mass is 16.5. The Morgan fingerprint density at radius 2 is 2.07 bits per heavy atom. The van der Waals surface area contributed by atoms with E-state index in [1.165, 1.54) is 0 Å². The minimum absolute atomic E-state index is 0.0389. The molecular weight excluding hydrogens is 348 g/mol. The van der Waals surface area contributed by atoms with E-state index in [1.807, 2.05) is 32.9 Å². The highest BCUT2D eigenvalue weighted by molar-refractivity contribution is 5.86. The molecular formula is C20H34N2O5. The van der Waals surface area contributed by atoms with Crippen molar-refractivity contribution in [3.05, 3.63) is 12.2 Å². The number of rotatable bonds is 4. The molecule has 2 amide bonds. The van der Waals surface area contributed by atoms with Crippen molar-refractivity contribution in [2.75, 3.05) is 13.2 Å². The van der Waals surface area contributed by atoms with E-state index in [1.54, 1.807) is 6.92 Å². The van der Waals surface area contributed by atoms with Gasteiger partial charge in [-0.1, -0.05) is 32.9 Å². The van der Waals surface area contributed by atoms with Crippen molar-refractivity contribution in [1.29, 1.82) is 0 Å². The lowest BCUT2D eigenvalue weighted by molar-refractivity contribution is -0.146. The van der Waals surface area contributed by atoms with Gasteiger partial charge in [-0.15, -0.1) is 0 Å². The molecule has 0 aromatic heterocycles. The summed E-state index contributed by atoms with van der Waals surface area (Å²) in [5.41, 5.74) is -0.301. The van der Waals surface area contributed by atoms with Crippen LogP contribution in [0.4, 0.5) is 0 Å². The number of amides is 2. The summed E-state index contributed by atoms with van der Waals surface area (Å²) in [6, 6.07) is -0.701. The van der Waals surface area contributed by atoms with Gasteiger partial charge in [0.05, 0.1) is 18.6 Å². The first kappa shape index (κ1) is 23.1. The van der Waals surface area contributed by atoms with Gasteiger partial charge in [0.25, 0.3) is 0 Å². The van der Waals surface area contributed by atoms with E-state index in [4.69, 9.17) is 9.84 Å². The fraction of sp³-hybridized carbons (Fsp3) is 0.750. The molecule has 7 heteroatoms. The lowest BCUT2D eigenvalue weighted by Crippen LogP contribution is -2.49. The first-order valence-corrected chi connectivity index (χ1v) is 9.64. The first-order valence-electron chi connectivity index (χ1n) is 9.64. The molecule has 1 rings (SSSR count). The molecule has 1 aliphatic rings. The molecule has 3 atom stereocenters. The van der Waals surface area contributed by atoms with E-state index < -0.39 is 5.92 Å². The molecule has 0 radical (unpaired) electrons. The van der Waals surface area contributed by atoms with Gasteiger partial charge in [0.2, 0.25) is 11.8 Å². The number of carbonyl (C=O) groups excluding carboxylic acids is 3. The molecule has 0 aliphatic carbocycles. The zero-order valence-electron chi connectivity index (χ0n) is 16.9. The van der Waals surface area contributed by atoms with Crippen molar-refractivity contribution in [2.45, 2.75) is 71.9 Å². The summed E-state index contributed by atoms with van der Waals surface area (Å²) < 4.78 is 5.34. The Kier molecular flexibility index (Phi) is 9.49. The molecule has 0 saturated heterocycles. The molecule has 0 saturated carbocycles. The van der Waals surface area contributed by atoms with Gasteiger partial charge >= 0.3 is 5.97 Å². The molecule has 27 heavy (non-hydrogen) atoms. The number of cyclic esters (lactones) is 1. The number of ether oxygens (including phenoxy) is 1. The first-order chi connectivity index (χ1) is 12.6. The summed E-state index contributed by atoms with van der Waals surface area (Å²) in [5, 5.41) is 14.7. The Hall–Kier alpha value is -1.89. The van der Waals surface area contributed by atoms with Crippen LogP contribution in [0.1, 0.15) is 59.8 Å². The van der Waals surface area contributed by atoms with Crippen LogP contribution < -0.4 is 10.6 Å². The summed E-state index contributed by atoms with van der Waals surface area (Å²) in [7, 11) is 0. The predicted octanol–water partition coefficient (Wildman–Crippen LogP) is 1.69. The molecule has 7 nitrogen and oxygen atoms in total. The predicted molar refractivity (Wildman–Crippen MR) is 103 cm³/mol. The van der Waals surface area contributed by atoms with Gasteiger partial charge in [-0.25, -0.2) is 0 Å². The molecule has 154 valence electrons. The number of allylic oxidation sites excluding steroid dienone is 2. The number of aliphatic hydroxyl groups excluding tert-OH is 1. The van der Waals surface area contributed by atoms with Crippen LogP contribution in [0.15, 0.2) is 12.2 Å². The number of nitrogens with one attached hydrogen (secondary N) is 2. The second kappa shape index (κ2) is 11.1. The van der Waals surface area contributed by atoms with Crippen LogP contribution in [0.2, 0.25) is 0 Å². The van der Waals surface area contributed by atoms with Crippen molar-refractivity contribution in [3.63, 3.8) is 0 Å². The number of hydrogen-bond donors (Lipinski definition) is 3. The lowest BCUT2D eigenvalue weighted by Gasteiger charge is -2.32. The molecule has 0 fully saturated rings. The summed E-state index contributed by atoms with van der Waals surface area (Å²) >= 11 is 0. The van der Waals surface area contributed by atoms with E-state index in [9.17, 15) is 14.4 Å². The maximum atomic E-state index is 12.8. The minimum Gasteiger partial charge on any atom is -0.463 e. The van der Waals surface area contributed by atoms with Gasteiger partial charge in [0.1, 0.15) is 6.61 Å². The van der Waals surface area contributed by atoms with Crippen LogP contribution in [0.3, 0.4) is 0 Å². The van der Waals surface area contributed by atoms with Gasteiger partial charge in [-0.05, 0) is 31.6 Å². The van der Waals surface area contributed by atoms with E-state index in [-0.39, 0.29) is 54.9 Å². The van der Waals surface area contributed by atoms with Crippen LogP contribution in [0, 0.1) is 11.3 Å². The summed E-state index contributed by atoms with van der Waals surface area (Å²) in [4.78, 5) is 36.9. The molecule has 0 aromatic carbocycles. The third kappa shape index (κ3) is 9.04. The van der Waals surface area contributed by atoms with E-state index >= 15 is 0 Å². The Morgan fingerprint density at radius 3 is 2.70 bits per heavy atom. The molecule has 1 heterocycles. The Balaban J connectivity index is 2.91.